The summed E-state index contributed by atoms with van der Waals surface area (Å²) < 4.78 is 0. The van der Waals surface area contributed by atoms with Gasteiger partial charge in [0, 0.05) is 9.81 Å². The van der Waals surface area contributed by atoms with Gasteiger partial charge in [-0.05, 0) is 37.7 Å². The van der Waals surface area contributed by atoms with Crippen LogP contribution in [0.3, 0.4) is 0 Å². The Balaban J connectivity index is 5.39. The summed E-state index contributed by atoms with van der Waals surface area (Å²) in [7, 11) is 3.32. The minimum atomic E-state index is 0.200. The molecule has 0 atom stereocenters. The van der Waals surface area contributed by atoms with E-state index in [9.17, 15) is 0 Å². The zero-order valence-electron chi connectivity index (χ0n) is 10.7. The minimum absolute atomic E-state index is 0.200. The van der Waals surface area contributed by atoms with Crippen LogP contribution in [0.2, 0.25) is 0 Å². The monoisotopic (exact) mass is 282 g/mol. The highest BCUT2D eigenvalue weighted by Gasteiger charge is 2.28. The predicted octanol–water partition coefficient (Wildman–Crippen LogP) is 5.88. The van der Waals surface area contributed by atoms with Crippen LogP contribution in [-0.2, 0) is 0 Å². The van der Waals surface area contributed by atoms with Crippen molar-refractivity contribution >= 4 is 44.0 Å². The zero-order valence-corrected chi connectivity index (χ0v) is 14.0. The third kappa shape index (κ3) is 5.33. The van der Waals surface area contributed by atoms with Gasteiger partial charge in [-0.2, -0.15) is 0 Å². The van der Waals surface area contributed by atoms with Crippen LogP contribution in [0.5, 0.6) is 0 Å². The number of hydrogen-bond donors (Lipinski definition) is 1. The van der Waals surface area contributed by atoms with E-state index in [1.54, 1.807) is 10.8 Å². The van der Waals surface area contributed by atoms with Crippen LogP contribution >= 0.6 is 44.0 Å². The lowest BCUT2D eigenvalue weighted by Gasteiger charge is -2.31. The Morgan fingerprint density at radius 1 is 0.867 bits per heavy atom. The van der Waals surface area contributed by atoms with Gasteiger partial charge in [-0.1, -0.05) is 53.2 Å². The third-order valence-corrected chi connectivity index (χ3v) is 5.70. The highest BCUT2D eigenvalue weighted by atomic mass is 33.5. The van der Waals surface area contributed by atoms with Crippen molar-refractivity contribution in [2.75, 3.05) is 6.26 Å². The first-order valence-electron chi connectivity index (χ1n) is 4.92. The molecule has 0 saturated carbocycles. The summed E-state index contributed by atoms with van der Waals surface area (Å²) in [6, 6.07) is 0. The molecule has 4 heteroatoms. The predicted molar refractivity (Wildman–Crippen MR) is 83.6 cm³/mol. The first kappa shape index (κ1) is 16.1. The van der Waals surface area contributed by atoms with Crippen molar-refractivity contribution in [2.24, 2.45) is 10.8 Å². The molecule has 0 amide bonds. The fraction of sp³-hybridized carbons (Fsp3) is 0.818. The number of hydrogen-bond acceptors (Lipinski definition) is 4. The smallest absolute Gasteiger partial charge is 0.0120 e. The third-order valence-electron chi connectivity index (χ3n) is 1.89. The van der Waals surface area contributed by atoms with Gasteiger partial charge in [-0.15, -0.1) is 11.8 Å². The Labute approximate surface area is 112 Å². The molecule has 0 rings (SSSR count). The van der Waals surface area contributed by atoms with Crippen molar-refractivity contribution in [1.29, 1.82) is 0 Å². The second-order valence-electron chi connectivity index (χ2n) is 5.52. The summed E-state index contributed by atoms with van der Waals surface area (Å²) in [6.07, 6.45) is 2.16. The largest absolute Gasteiger partial charge is 0.133 e. The topological polar surface area (TPSA) is 0 Å². The minimum Gasteiger partial charge on any atom is -0.133 e. The molecule has 0 aliphatic heterocycles. The van der Waals surface area contributed by atoms with E-state index < -0.39 is 0 Å². The van der Waals surface area contributed by atoms with Gasteiger partial charge in [0.25, 0.3) is 0 Å². The van der Waals surface area contributed by atoms with Crippen molar-refractivity contribution in [3.05, 3.63) is 9.81 Å². The van der Waals surface area contributed by atoms with Crippen molar-refractivity contribution in [2.45, 2.75) is 41.5 Å². The Bertz CT molecular complexity index is 230. The fourth-order valence-electron chi connectivity index (χ4n) is 1.28. The lowest BCUT2D eigenvalue weighted by molar-refractivity contribution is 0.487. The molecule has 0 radical (unpaired) electrons. The summed E-state index contributed by atoms with van der Waals surface area (Å²) in [5, 5.41) is 0. The van der Waals surface area contributed by atoms with Gasteiger partial charge >= 0.3 is 0 Å². The Kier molecular flexibility index (Phi) is 6.64. The maximum absolute atomic E-state index is 4.26. The Morgan fingerprint density at radius 2 is 1.27 bits per heavy atom. The summed E-state index contributed by atoms with van der Waals surface area (Å²) in [4.78, 5) is 2.92. The number of thioether (sulfide) groups is 1. The average molecular weight is 283 g/mol. The molecule has 0 aromatic carbocycles. The molecule has 0 fully saturated rings. The molecule has 0 aliphatic rings. The van der Waals surface area contributed by atoms with Gasteiger partial charge < -0.3 is 0 Å². The number of thiol groups is 1. The van der Waals surface area contributed by atoms with Crippen LogP contribution in [0.1, 0.15) is 41.5 Å². The standard InChI is InChI=1S/C11H22S4/c1-10(2,3)8(13-7)9(14-15-12)11(4,5)6/h12H,1-7H3/b9-8-. The van der Waals surface area contributed by atoms with Crippen LogP contribution in [-0.4, -0.2) is 6.26 Å². The van der Waals surface area contributed by atoms with E-state index >= 15 is 0 Å². The molecular weight excluding hydrogens is 260 g/mol. The van der Waals surface area contributed by atoms with Crippen LogP contribution in [0.25, 0.3) is 0 Å². The first-order chi connectivity index (χ1) is 6.64. The average Bonchev–Trinajstić information content (AvgIpc) is 2.00. The SMILES string of the molecule is CS/C(=C(\SSS)C(C)(C)C)C(C)(C)C. The molecule has 0 aromatic rings. The van der Waals surface area contributed by atoms with Crippen LogP contribution in [0.4, 0.5) is 0 Å². The lowest BCUT2D eigenvalue weighted by atomic mass is 9.88. The Morgan fingerprint density at radius 3 is 1.47 bits per heavy atom. The first-order valence-corrected chi connectivity index (χ1v) is 9.34. The van der Waals surface area contributed by atoms with Crippen LogP contribution < -0.4 is 0 Å². The van der Waals surface area contributed by atoms with Crippen molar-refractivity contribution in [3.63, 3.8) is 0 Å². The van der Waals surface area contributed by atoms with Gasteiger partial charge in [0.15, 0.2) is 0 Å². The van der Waals surface area contributed by atoms with Gasteiger partial charge in [-0.3, -0.25) is 0 Å². The molecule has 0 bridgehead atoms. The molecule has 0 nitrogen and oxygen atoms in total. The molecule has 0 spiro atoms. The van der Waals surface area contributed by atoms with Crippen molar-refractivity contribution in [3.8, 4) is 0 Å². The molecular formula is C11H22S4. The lowest BCUT2D eigenvalue weighted by Crippen LogP contribution is -2.15. The molecule has 0 heterocycles. The molecule has 0 aliphatic carbocycles. The maximum Gasteiger partial charge on any atom is 0.0120 e. The maximum atomic E-state index is 4.26. The number of allylic oxidation sites excluding steroid dienone is 2. The summed E-state index contributed by atoms with van der Waals surface area (Å²) in [5.41, 5.74) is 0.421. The summed E-state index contributed by atoms with van der Waals surface area (Å²) in [6.45, 7) is 13.6. The van der Waals surface area contributed by atoms with E-state index in [4.69, 9.17) is 0 Å². The molecule has 0 unspecified atom stereocenters. The van der Waals surface area contributed by atoms with Crippen molar-refractivity contribution < 1.29 is 0 Å². The molecule has 90 valence electrons. The van der Waals surface area contributed by atoms with Gasteiger partial charge in [-0.25, -0.2) is 0 Å². The second-order valence-corrected chi connectivity index (χ2v) is 9.35. The van der Waals surface area contributed by atoms with Gasteiger partial charge in [0.05, 0.1) is 0 Å². The van der Waals surface area contributed by atoms with E-state index in [0.717, 1.165) is 0 Å². The van der Waals surface area contributed by atoms with E-state index in [-0.39, 0.29) is 10.8 Å². The van der Waals surface area contributed by atoms with Gasteiger partial charge in [0.1, 0.15) is 0 Å². The van der Waals surface area contributed by atoms with E-state index in [1.165, 1.54) is 19.6 Å². The van der Waals surface area contributed by atoms with Gasteiger partial charge in [0.2, 0.25) is 0 Å². The quantitative estimate of drug-likeness (QED) is 0.507. The summed E-state index contributed by atoms with van der Waals surface area (Å²) >= 11 is 6.12. The van der Waals surface area contributed by atoms with Crippen LogP contribution in [0, 0.1) is 10.8 Å². The molecule has 0 aromatic heterocycles. The highest BCUT2D eigenvalue weighted by Crippen LogP contribution is 2.50. The Hall–Kier alpha value is 1.14. The fourth-order valence-corrected chi connectivity index (χ4v) is 5.52. The normalized spacial score (nSPS) is 15.2. The van der Waals surface area contributed by atoms with Crippen LogP contribution in [0.15, 0.2) is 9.81 Å². The van der Waals surface area contributed by atoms with Crippen molar-refractivity contribution in [1.82, 2.24) is 0 Å². The van der Waals surface area contributed by atoms with E-state index in [0.29, 0.717) is 0 Å². The highest BCUT2D eigenvalue weighted by molar-refractivity contribution is 9.06. The molecule has 15 heavy (non-hydrogen) atoms. The molecule has 0 N–H and O–H groups in total. The second kappa shape index (κ2) is 6.18. The zero-order chi connectivity index (χ0) is 12.3. The summed E-state index contributed by atoms with van der Waals surface area (Å²) in [5.74, 6) is 0. The van der Waals surface area contributed by atoms with E-state index in [2.05, 4.69) is 59.5 Å². The molecule has 0 saturated heterocycles. The van der Waals surface area contributed by atoms with E-state index in [1.807, 2.05) is 11.8 Å². The number of rotatable bonds is 3.